The molecule has 2 aromatic carbocycles. The third kappa shape index (κ3) is 3.72. The fourth-order valence-corrected chi connectivity index (χ4v) is 4.06. The number of hydrogen-bond donors (Lipinski definition) is 2. The van der Waals surface area contributed by atoms with E-state index < -0.39 is 0 Å². The standard InChI is InChI=1S/C22H24FN3O2/c1-2-15-6-8-17(9-7-15)25-21(28)26-11-10-22(14-26)13-19(22)20(27)24-18-5-3-4-16(23)12-18/h3-9,12,19H,2,10-11,13-14H2,1H3,(H,24,27)(H,25,28). The van der Waals surface area contributed by atoms with Gasteiger partial charge in [-0.25, -0.2) is 9.18 Å². The zero-order chi connectivity index (χ0) is 19.7. The van der Waals surface area contributed by atoms with Crippen LogP contribution in [0.15, 0.2) is 48.5 Å². The Morgan fingerprint density at radius 3 is 2.64 bits per heavy atom. The second-order valence-electron chi connectivity index (χ2n) is 7.77. The van der Waals surface area contributed by atoms with Gasteiger partial charge in [-0.15, -0.1) is 0 Å². The van der Waals surface area contributed by atoms with E-state index in [2.05, 4.69) is 17.6 Å². The summed E-state index contributed by atoms with van der Waals surface area (Å²) in [5.74, 6) is -0.598. The normalized spacial score (nSPS) is 22.9. The number of nitrogens with zero attached hydrogens (tertiary/aromatic N) is 1. The van der Waals surface area contributed by atoms with E-state index in [4.69, 9.17) is 0 Å². The van der Waals surface area contributed by atoms with Crippen LogP contribution in [0.3, 0.4) is 0 Å². The Bertz CT molecular complexity index is 899. The van der Waals surface area contributed by atoms with Gasteiger partial charge in [-0.3, -0.25) is 4.79 Å². The Balaban J connectivity index is 1.32. The molecule has 2 aliphatic rings. The average Bonchev–Trinajstić information content (AvgIpc) is 3.22. The number of aryl methyl sites for hydroxylation is 1. The molecule has 1 aliphatic carbocycles. The summed E-state index contributed by atoms with van der Waals surface area (Å²) in [5.41, 5.74) is 2.33. The molecule has 6 heteroatoms. The molecule has 2 unspecified atom stereocenters. The van der Waals surface area contributed by atoms with Gasteiger partial charge in [0.2, 0.25) is 5.91 Å². The van der Waals surface area contributed by atoms with Crippen LogP contribution in [-0.2, 0) is 11.2 Å². The Labute approximate surface area is 163 Å². The molecule has 1 saturated carbocycles. The minimum absolute atomic E-state index is 0.0944. The van der Waals surface area contributed by atoms with Crippen molar-refractivity contribution in [3.63, 3.8) is 0 Å². The number of urea groups is 1. The lowest BCUT2D eigenvalue weighted by Crippen LogP contribution is -2.33. The molecule has 5 nitrogen and oxygen atoms in total. The highest BCUT2D eigenvalue weighted by Gasteiger charge is 2.61. The molecule has 2 N–H and O–H groups in total. The first kappa shape index (κ1) is 18.5. The smallest absolute Gasteiger partial charge is 0.321 e. The van der Waals surface area contributed by atoms with E-state index in [1.54, 1.807) is 17.0 Å². The molecule has 1 aliphatic heterocycles. The minimum Gasteiger partial charge on any atom is -0.326 e. The summed E-state index contributed by atoms with van der Waals surface area (Å²) in [4.78, 5) is 26.9. The van der Waals surface area contributed by atoms with Crippen LogP contribution in [0, 0.1) is 17.2 Å². The van der Waals surface area contributed by atoms with Crippen molar-refractivity contribution in [2.75, 3.05) is 23.7 Å². The number of hydrogen-bond acceptors (Lipinski definition) is 2. The van der Waals surface area contributed by atoms with E-state index in [0.717, 1.165) is 24.9 Å². The molecular weight excluding hydrogens is 357 g/mol. The highest BCUT2D eigenvalue weighted by Crippen LogP contribution is 2.58. The SMILES string of the molecule is CCc1ccc(NC(=O)N2CCC3(CC3C(=O)Nc3cccc(F)c3)C2)cc1. The highest BCUT2D eigenvalue weighted by molar-refractivity contribution is 5.95. The number of rotatable bonds is 4. The number of nitrogens with one attached hydrogen (secondary N) is 2. The molecule has 4 rings (SSSR count). The molecule has 2 atom stereocenters. The van der Waals surface area contributed by atoms with Gasteiger partial charge in [-0.05, 0) is 55.2 Å². The number of benzene rings is 2. The van der Waals surface area contributed by atoms with Gasteiger partial charge in [0.15, 0.2) is 0 Å². The van der Waals surface area contributed by atoms with Crippen LogP contribution in [0.5, 0.6) is 0 Å². The van der Waals surface area contributed by atoms with Gasteiger partial charge in [0.25, 0.3) is 0 Å². The molecule has 1 heterocycles. The van der Waals surface area contributed by atoms with E-state index in [1.807, 2.05) is 24.3 Å². The summed E-state index contributed by atoms with van der Waals surface area (Å²) in [6, 6.07) is 13.6. The first-order valence-electron chi connectivity index (χ1n) is 9.70. The van der Waals surface area contributed by atoms with Gasteiger partial charge in [-0.1, -0.05) is 25.1 Å². The van der Waals surface area contributed by atoms with Crippen molar-refractivity contribution in [1.29, 1.82) is 0 Å². The number of carbonyl (C=O) groups is 2. The van der Waals surface area contributed by atoms with Crippen molar-refractivity contribution in [1.82, 2.24) is 4.90 Å². The Hall–Kier alpha value is -2.89. The molecule has 0 bridgehead atoms. The zero-order valence-electron chi connectivity index (χ0n) is 15.9. The Morgan fingerprint density at radius 1 is 1.14 bits per heavy atom. The van der Waals surface area contributed by atoms with Crippen molar-refractivity contribution < 1.29 is 14.0 Å². The molecule has 1 spiro atoms. The highest BCUT2D eigenvalue weighted by atomic mass is 19.1. The largest absolute Gasteiger partial charge is 0.326 e. The second-order valence-corrected chi connectivity index (χ2v) is 7.77. The maximum absolute atomic E-state index is 13.3. The van der Waals surface area contributed by atoms with Crippen molar-refractivity contribution in [2.24, 2.45) is 11.3 Å². The third-order valence-corrected chi connectivity index (χ3v) is 5.88. The monoisotopic (exact) mass is 381 g/mol. The number of halogens is 1. The molecule has 146 valence electrons. The molecule has 2 fully saturated rings. The van der Waals surface area contributed by atoms with Gasteiger partial charge in [0, 0.05) is 35.8 Å². The Kier molecular flexibility index (Phi) is 4.79. The lowest BCUT2D eigenvalue weighted by atomic mass is 10.0. The van der Waals surface area contributed by atoms with Crippen molar-refractivity contribution >= 4 is 23.3 Å². The summed E-state index contributed by atoms with van der Waals surface area (Å²) in [6.07, 6.45) is 2.54. The van der Waals surface area contributed by atoms with Crippen molar-refractivity contribution in [2.45, 2.75) is 26.2 Å². The third-order valence-electron chi connectivity index (χ3n) is 5.88. The lowest BCUT2D eigenvalue weighted by molar-refractivity contribution is -0.118. The first-order chi connectivity index (χ1) is 13.5. The van der Waals surface area contributed by atoms with Gasteiger partial charge in [0.05, 0.1) is 0 Å². The number of likely N-dealkylation sites (tertiary alicyclic amines) is 1. The van der Waals surface area contributed by atoms with E-state index in [0.29, 0.717) is 18.8 Å². The molecule has 28 heavy (non-hydrogen) atoms. The number of amides is 3. The summed E-state index contributed by atoms with van der Waals surface area (Å²) in [6.45, 7) is 3.31. The van der Waals surface area contributed by atoms with E-state index >= 15 is 0 Å². The second kappa shape index (κ2) is 7.26. The summed E-state index contributed by atoms with van der Waals surface area (Å²) < 4.78 is 13.3. The summed E-state index contributed by atoms with van der Waals surface area (Å²) >= 11 is 0. The van der Waals surface area contributed by atoms with Crippen molar-refractivity contribution in [3.8, 4) is 0 Å². The Morgan fingerprint density at radius 2 is 1.93 bits per heavy atom. The first-order valence-corrected chi connectivity index (χ1v) is 9.70. The maximum atomic E-state index is 13.3. The molecule has 0 radical (unpaired) electrons. The van der Waals surface area contributed by atoms with Crippen LogP contribution in [0.4, 0.5) is 20.6 Å². The van der Waals surface area contributed by atoms with Gasteiger partial charge >= 0.3 is 6.03 Å². The van der Waals surface area contributed by atoms with Crippen LogP contribution in [0.1, 0.15) is 25.3 Å². The number of anilines is 2. The quantitative estimate of drug-likeness (QED) is 0.831. The van der Waals surface area contributed by atoms with Gasteiger partial charge in [-0.2, -0.15) is 0 Å². The predicted molar refractivity (Wildman–Crippen MR) is 107 cm³/mol. The molecule has 3 amide bonds. The summed E-state index contributed by atoms with van der Waals surface area (Å²) in [5, 5.41) is 5.73. The van der Waals surface area contributed by atoms with Crippen LogP contribution >= 0.6 is 0 Å². The summed E-state index contributed by atoms with van der Waals surface area (Å²) in [7, 11) is 0. The van der Waals surface area contributed by atoms with Crippen LogP contribution in [0.2, 0.25) is 0 Å². The van der Waals surface area contributed by atoms with Crippen LogP contribution in [-0.4, -0.2) is 29.9 Å². The van der Waals surface area contributed by atoms with Gasteiger partial charge < -0.3 is 15.5 Å². The van der Waals surface area contributed by atoms with E-state index in [9.17, 15) is 14.0 Å². The minimum atomic E-state index is -0.376. The van der Waals surface area contributed by atoms with Crippen molar-refractivity contribution in [3.05, 3.63) is 59.9 Å². The lowest BCUT2D eigenvalue weighted by Gasteiger charge is -2.18. The molecular formula is C22H24FN3O2. The van der Waals surface area contributed by atoms with E-state index in [1.165, 1.54) is 17.7 Å². The average molecular weight is 381 g/mol. The van der Waals surface area contributed by atoms with Gasteiger partial charge in [0.1, 0.15) is 5.82 Å². The fourth-order valence-electron chi connectivity index (χ4n) is 4.06. The number of carbonyl (C=O) groups excluding carboxylic acids is 2. The zero-order valence-corrected chi connectivity index (χ0v) is 15.9. The fraction of sp³-hybridized carbons (Fsp3) is 0.364. The molecule has 0 aromatic heterocycles. The van der Waals surface area contributed by atoms with Crippen LogP contribution < -0.4 is 10.6 Å². The maximum Gasteiger partial charge on any atom is 0.321 e. The molecule has 2 aromatic rings. The topological polar surface area (TPSA) is 61.4 Å². The molecule has 1 saturated heterocycles. The predicted octanol–water partition coefficient (Wildman–Crippen LogP) is 4.27. The van der Waals surface area contributed by atoms with Crippen LogP contribution in [0.25, 0.3) is 0 Å². The van der Waals surface area contributed by atoms with E-state index in [-0.39, 0.29) is 29.1 Å².